The minimum absolute atomic E-state index is 0.168. The van der Waals surface area contributed by atoms with Crippen LogP contribution in [0.3, 0.4) is 0 Å². The Kier molecular flexibility index (Phi) is 4.28. The van der Waals surface area contributed by atoms with Crippen LogP contribution in [0.15, 0.2) is 0 Å². The van der Waals surface area contributed by atoms with E-state index in [0.29, 0.717) is 11.5 Å². The van der Waals surface area contributed by atoms with Gasteiger partial charge in [-0.2, -0.15) is 0 Å². The lowest BCUT2D eigenvalue weighted by atomic mass is 9.74. The maximum Gasteiger partial charge on any atom is 0.237 e. The molecular formula is C17H31N3O. The SMILES string of the molecule is CNC1(C(N)=O)CCCC(N2CCC3(CCCC3)CC2)C1. The van der Waals surface area contributed by atoms with Gasteiger partial charge in [0.25, 0.3) is 0 Å². The van der Waals surface area contributed by atoms with Crippen molar-refractivity contribution in [2.45, 2.75) is 75.8 Å². The van der Waals surface area contributed by atoms with Gasteiger partial charge in [-0.3, -0.25) is 4.79 Å². The summed E-state index contributed by atoms with van der Waals surface area (Å²) in [5.41, 5.74) is 5.89. The normalized spacial score (nSPS) is 36.9. The largest absolute Gasteiger partial charge is 0.368 e. The Hall–Kier alpha value is -0.610. The van der Waals surface area contributed by atoms with Crippen molar-refractivity contribution in [1.82, 2.24) is 10.2 Å². The Morgan fingerprint density at radius 1 is 1.10 bits per heavy atom. The van der Waals surface area contributed by atoms with Gasteiger partial charge in [0.05, 0.1) is 5.54 Å². The highest BCUT2D eigenvalue weighted by atomic mass is 16.1. The van der Waals surface area contributed by atoms with E-state index < -0.39 is 5.54 Å². The molecule has 3 rings (SSSR count). The van der Waals surface area contributed by atoms with Crippen molar-refractivity contribution in [2.24, 2.45) is 11.1 Å². The molecule has 1 saturated heterocycles. The van der Waals surface area contributed by atoms with Crippen LogP contribution in [-0.4, -0.2) is 42.5 Å². The quantitative estimate of drug-likeness (QED) is 0.837. The van der Waals surface area contributed by atoms with Crippen LogP contribution in [0.1, 0.15) is 64.2 Å². The van der Waals surface area contributed by atoms with Gasteiger partial charge in [0, 0.05) is 6.04 Å². The second-order valence-electron chi connectivity index (χ2n) is 7.69. The Morgan fingerprint density at radius 2 is 1.76 bits per heavy atom. The third-order valence-corrected chi connectivity index (χ3v) is 6.71. The average molecular weight is 293 g/mol. The monoisotopic (exact) mass is 293 g/mol. The first-order chi connectivity index (χ1) is 10.1. The van der Waals surface area contributed by atoms with Gasteiger partial charge < -0.3 is 16.0 Å². The summed E-state index contributed by atoms with van der Waals surface area (Å²) in [4.78, 5) is 14.5. The van der Waals surface area contributed by atoms with E-state index >= 15 is 0 Å². The van der Waals surface area contributed by atoms with E-state index in [4.69, 9.17) is 5.73 Å². The number of hydrogen-bond acceptors (Lipinski definition) is 3. The maximum atomic E-state index is 11.9. The van der Waals surface area contributed by atoms with E-state index in [-0.39, 0.29) is 5.91 Å². The summed E-state index contributed by atoms with van der Waals surface area (Å²) < 4.78 is 0. The molecule has 0 radical (unpaired) electrons. The van der Waals surface area contributed by atoms with E-state index in [2.05, 4.69) is 10.2 Å². The number of hydrogen-bond donors (Lipinski definition) is 2. The highest BCUT2D eigenvalue weighted by Gasteiger charge is 2.44. The summed E-state index contributed by atoms with van der Waals surface area (Å²) >= 11 is 0. The first-order valence-corrected chi connectivity index (χ1v) is 8.82. The summed E-state index contributed by atoms with van der Waals surface area (Å²) in [6, 6.07) is 0.539. The Morgan fingerprint density at radius 3 is 2.33 bits per heavy atom. The van der Waals surface area contributed by atoms with Gasteiger partial charge >= 0.3 is 0 Å². The highest BCUT2D eigenvalue weighted by Crippen LogP contribution is 2.47. The number of nitrogens with one attached hydrogen (secondary N) is 1. The van der Waals surface area contributed by atoms with Crippen LogP contribution in [0.2, 0.25) is 0 Å². The molecule has 120 valence electrons. The van der Waals surface area contributed by atoms with Crippen molar-refractivity contribution in [1.29, 1.82) is 0 Å². The molecule has 1 heterocycles. The summed E-state index contributed by atoms with van der Waals surface area (Å²) in [5, 5.41) is 3.23. The Labute approximate surface area is 128 Å². The van der Waals surface area contributed by atoms with Crippen molar-refractivity contribution in [2.75, 3.05) is 20.1 Å². The molecule has 1 aliphatic heterocycles. The number of carbonyl (C=O) groups excluding carboxylic acids is 1. The number of piperidine rings is 1. The molecule has 0 aromatic rings. The van der Waals surface area contributed by atoms with Crippen LogP contribution in [-0.2, 0) is 4.79 Å². The van der Waals surface area contributed by atoms with Crippen LogP contribution in [0, 0.1) is 5.41 Å². The predicted molar refractivity (Wildman–Crippen MR) is 84.9 cm³/mol. The molecule has 4 heteroatoms. The second kappa shape index (κ2) is 5.88. The third kappa shape index (κ3) is 2.85. The van der Waals surface area contributed by atoms with Crippen molar-refractivity contribution in [3.63, 3.8) is 0 Å². The molecule has 3 aliphatic rings. The van der Waals surface area contributed by atoms with Crippen molar-refractivity contribution in [3.05, 3.63) is 0 Å². The van der Waals surface area contributed by atoms with Gasteiger partial charge in [0.15, 0.2) is 0 Å². The average Bonchev–Trinajstić information content (AvgIpc) is 2.96. The van der Waals surface area contributed by atoms with Gasteiger partial charge in [-0.15, -0.1) is 0 Å². The lowest BCUT2D eigenvalue weighted by Crippen LogP contribution is -2.60. The molecule has 2 atom stereocenters. The molecule has 3 fully saturated rings. The highest BCUT2D eigenvalue weighted by molar-refractivity contribution is 5.84. The zero-order valence-corrected chi connectivity index (χ0v) is 13.5. The van der Waals surface area contributed by atoms with Gasteiger partial charge in [-0.25, -0.2) is 0 Å². The van der Waals surface area contributed by atoms with E-state index in [1.165, 1.54) is 58.0 Å². The fourth-order valence-corrected chi connectivity index (χ4v) is 5.12. The van der Waals surface area contributed by atoms with Gasteiger partial charge in [-0.05, 0) is 76.9 Å². The fourth-order valence-electron chi connectivity index (χ4n) is 5.12. The molecule has 4 nitrogen and oxygen atoms in total. The van der Waals surface area contributed by atoms with Crippen LogP contribution in [0.4, 0.5) is 0 Å². The summed E-state index contributed by atoms with van der Waals surface area (Å²) in [6.45, 7) is 2.45. The molecule has 0 aromatic carbocycles. The lowest BCUT2D eigenvalue weighted by molar-refractivity contribution is -0.126. The number of amides is 1. The molecule has 1 spiro atoms. The van der Waals surface area contributed by atoms with Crippen LogP contribution >= 0.6 is 0 Å². The molecule has 2 aliphatic carbocycles. The van der Waals surface area contributed by atoms with E-state index in [1.54, 1.807) is 0 Å². The Bertz CT molecular complexity index is 381. The molecule has 2 unspecified atom stereocenters. The van der Waals surface area contributed by atoms with Crippen LogP contribution in [0.25, 0.3) is 0 Å². The topological polar surface area (TPSA) is 58.4 Å². The number of rotatable bonds is 3. The number of likely N-dealkylation sites (tertiary alicyclic amines) is 1. The first-order valence-electron chi connectivity index (χ1n) is 8.82. The summed E-state index contributed by atoms with van der Waals surface area (Å²) in [6.07, 6.45) is 12.6. The minimum Gasteiger partial charge on any atom is -0.368 e. The zero-order chi connectivity index (χ0) is 14.9. The summed E-state index contributed by atoms with van der Waals surface area (Å²) in [7, 11) is 1.89. The fraction of sp³-hybridized carbons (Fsp3) is 0.941. The summed E-state index contributed by atoms with van der Waals surface area (Å²) in [5.74, 6) is -0.168. The maximum absolute atomic E-state index is 11.9. The number of primary amides is 1. The van der Waals surface area contributed by atoms with E-state index in [0.717, 1.165) is 19.3 Å². The predicted octanol–water partition coefficient (Wildman–Crippen LogP) is 2.03. The number of nitrogens with two attached hydrogens (primary N) is 1. The molecule has 21 heavy (non-hydrogen) atoms. The minimum atomic E-state index is -0.467. The van der Waals surface area contributed by atoms with Crippen LogP contribution < -0.4 is 11.1 Å². The second-order valence-corrected chi connectivity index (χ2v) is 7.69. The molecule has 1 amide bonds. The molecule has 0 aromatic heterocycles. The molecular weight excluding hydrogens is 262 g/mol. The van der Waals surface area contributed by atoms with Crippen molar-refractivity contribution in [3.8, 4) is 0 Å². The van der Waals surface area contributed by atoms with Gasteiger partial charge in [-0.1, -0.05) is 12.8 Å². The zero-order valence-electron chi connectivity index (χ0n) is 13.5. The van der Waals surface area contributed by atoms with Crippen molar-refractivity contribution < 1.29 is 4.79 Å². The standard InChI is InChI=1S/C17H31N3O/c1-19-17(15(18)21)8-4-5-14(13-17)20-11-9-16(10-12-20)6-2-3-7-16/h14,19H,2-13H2,1H3,(H2,18,21). The lowest BCUT2D eigenvalue weighted by Gasteiger charge is -2.47. The van der Waals surface area contributed by atoms with Crippen LogP contribution in [0.5, 0.6) is 0 Å². The third-order valence-electron chi connectivity index (χ3n) is 6.71. The van der Waals surface area contributed by atoms with Gasteiger partial charge in [0.2, 0.25) is 5.91 Å². The molecule has 2 saturated carbocycles. The molecule has 3 N–H and O–H groups in total. The smallest absolute Gasteiger partial charge is 0.237 e. The first kappa shape index (κ1) is 15.3. The van der Waals surface area contributed by atoms with Gasteiger partial charge in [0.1, 0.15) is 0 Å². The number of likely N-dealkylation sites (N-methyl/N-ethyl adjacent to an activating group) is 1. The van der Waals surface area contributed by atoms with E-state index in [9.17, 15) is 4.79 Å². The Balaban J connectivity index is 1.61. The van der Waals surface area contributed by atoms with Crippen molar-refractivity contribution >= 4 is 5.91 Å². The number of nitrogens with zero attached hydrogens (tertiary/aromatic N) is 1. The molecule has 0 bridgehead atoms. The van der Waals surface area contributed by atoms with E-state index in [1.807, 2.05) is 7.05 Å². The number of carbonyl (C=O) groups is 1.